The summed E-state index contributed by atoms with van der Waals surface area (Å²) in [6.07, 6.45) is 0.374. The van der Waals surface area contributed by atoms with Crippen LogP contribution in [0.3, 0.4) is 0 Å². The van der Waals surface area contributed by atoms with Crippen molar-refractivity contribution in [2.75, 3.05) is 6.61 Å². The first-order valence-electron chi connectivity index (χ1n) is 5.20. The highest BCUT2D eigenvalue weighted by atomic mass is 19.4. The van der Waals surface area contributed by atoms with Crippen LogP contribution in [0.2, 0.25) is 0 Å². The van der Waals surface area contributed by atoms with E-state index in [1.807, 2.05) is 0 Å². The third kappa shape index (κ3) is 6.24. The summed E-state index contributed by atoms with van der Waals surface area (Å²) < 4.78 is 36.4. The summed E-state index contributed by atoms with van der Waals surface area (Å²) in [5.74, 6) is -1.52. The first-order valence-corrected chi connectivity index (χ1v) is 5.20. The van der Waals surface area contributed by atoms with Crippen molar-refractivity contribution in [3.8, 4) is 0 Å². The lowest BCUT2D eigenvalue weighted by Gasteiger charge is -2.17. The van der Waals surface area contributed by atoms with Gasteiger partial charge in [0.15, 0.2) is 0 Å². The predicted octanol–water partition coefficient (Wildman–Crippen LogP) is 3.52. The molecule has 0 spiro atoms. The highest BCUT2D eigenvalue weighted by molar-refractivity contribution is 4.66. The molecule has 0 heterocycles. The Balaban J connectivity index is 3.54. The van der Waals surface area contributed by atoms with Gasteiger partial charge < -0.3 is 5.11 Å². The van der Waals surface area contributed by atoms with Gasteiger partial charge in [0.25, 0.3) is 0 Å². The van der Waals surface area contributed by atoms with Crippen LogP contribution in [0, 0.1) is 5.92 Å². The molecule has 0 unspecified atom stereocenters. The molecule has 0 saturated heterocycles. The maximum atomic E-state index is 12.1. The molecule has 0 amide bonds. The van der Waals surface area contributed by atoms with Crippen molar-refractivity contribution in [3.63, 3.8) is 0 Å². The molecule has 0 aromatic carbocycles. The van der Waals surface area contributed by atoms with Crippen molar-refractivity contribution < 1.29 is 18.3 Å². The van der Waals surface area contributed by atoms with Gasteiger partial charge in [-0.3, -0.25) is 0 Å². The van der Waals surface area contributed by atoms with E-state index in [-0.39, 0.29) is 6.42 Å². The molecule has 0 aromatic heterocycles. The van der Waals surface area contributed by atoms with Crippen LogP contribution < -0.4 is 0 Å². The Morgan fingerprint density at radius 1 is 1.07 bits per heavy atom. The van der Waals surface area contributed by atoms with Crippen LogP contribution in [0.1, 0.15) is 45.4 Å². The standard InChI is InChI=1S/C10H19F3O/c1-2-3-4-5-6-7-9(8-14)10(11,12)13/h9,14H,2-8H2,1H3/t9-/m0/s1. The van der Waals surface area contributed by atoms with E-state index in [2.05, 4.69) is 6.92 Å². The summed E-state index contributed by atoms with van der Waals surface area (Å²) in [6.45, 7) is 1.28. The van der Waals surface area contributed by atoms with Crippen LogP contribution >= 0.6 is 0 Å². The number of hydrogen-bond acceptors (Lipinski definition) is 1. The smallest absolute Gasteiger partial charge is 0.394 e. The maximum absolute atomic E-state index is 12.1. The van der Waals surface area contributed by atoms with Crippen molar-refractivity contribution in [1.82, 2.24) is 0 Å². The second-order valence-electron chi connectivity index (χ2n) is 3.62. The average Bonchev–Trinajstić information content (AvgIpc) is 2.09. The zero-order chi connectivity index (χ0) is 11.0. The summed E-state index contributed by atoms with van der Waals surface area (Å²) >= 11 is 0. The van der Waals surface area contributed by atoms with Gasteiger partial charge in [-0.2, -0.15) is 13.2 Å². The summed E-state index contributed by atoms with van der Waals surface area (Å²) in [5.41, 5.74) is 0. The van der Waals surface area contributed by atoms with Crippen molar-refractivity contribution in [3.05, 3.63) is 0 Å². The Bertz CT molecular complexity index is 134. The fourth-order valence-corrected chi connectivity index (χ4v) is 1.35. The van der Waals surface area contributed by atoms with E-state index in [1.54, 1.807) is 0 Å². The van der Waals surface area contributed by atoms with Gasteiger partial charge in [0.05, 0.1) is 12.5 Å². The van der Waals surface area contributed by atoms with Gasteiger partial charge in [0.1, 0.15) is 0 Å². The van der Waals surface area contributed by atoms with Crippen LogP contribution in [0.25, 0.3) is 0 Å². The minimum Gasteiger partial charge on any atom is -0.396 e. The number of rotatable bonds is 7. The van der Waals surface area contributed by atoms with Gasteiger partial charge >= 0.3 is 6.18 Å². The second kappa shape index (κ2) is 7.10. The number of unbranched alkanes of at least 4 members (excludes halogenated alkanes) is 4. The Labute approximate surface area is 83.3 Å². The largest absolute Gasteiger partial charge is 0.396 e. The highest BCUT2D eigenvalue weighted by Gasteiger charge is 2.38. The molecule has 4 heteroatoms. The third-order valence-corrected chi connectivity index (χ3v) is 2.34. The lowest BCUT2D eigenvalue weighted by atomic mass is 10.0. The van der Waals surface area contributed by atoms with E-state index < -0.39 is 18.7 Å². The summed E-state index contributed by atoms with van der Waals surface area (Å²) in [6, 6.07) is 0. The number of alkyl halides is 3. The van der Waals surface area contributed by atoms with Gasteiger partial charge in [0.2, 0.25) is 0 Å². The molecule has 0 saturated carbocycles. The fraction of sp³-hybridized carbons (Fsp3) is 1.00. The zero-order valence-corrected chi connectivity index (χ0v) is 8.61. The molecule has 0 bridgehead atoms. The van der Waals surface area contributed by atoms with E-state index in [9.17, 15) is 13.2 Å². The SMILES string of the molecule is CCCCCCC[C@@H](CO)C(F)(F)F. The molecule has 0 radical (unpaired) electrons. The van der Waals surface area contributed by atoms with E-state index >= 15 is 0 Å². The van der Waals surface area contributed by atoms with Gasteiger partial charge in [-0.1, -0.05) is 39.0 Å². The van der Waals surface area contributed by atoms with Crippen molar-refractivity contribution in [2.24, 2.45) is 5.92 Å². The Morgan fingerprint density at radius 2 is 1.64 bits per heavy atom. The summed E-state index contributed by atoms with van der Waals surface area (Å²) in [4.78, 5) is 0. The molecule has 0 aliphatic heterocycles. The minimum absolute atomic E-state index is 0.0592. The van der Waals surface area contributed by atoms with Gasteiger partial charge in [-0.25, -0.2) is 0 Å². The number of hydrogen-bond donors (Lipinski definition) is 1. The molecular weight excluding hydrogens is 193 g/mol. The van der Waals surface area contributed by atoms with Crippen molar-refractivity contribution >= 4 is 0 Å². The molecule has 0 aliphatic rings. The summed E-state index contributed by atoms with van der Waals surface area (Å²) in [7, 11) is 0. The lowest BCUT2D eigenvalue weighted by Crippen LogP contribution is -2.26. The van der Waals surface area contributed by atoms with E-state index in [1.165, 1.54) is 0 Å². The third-order valence-electron chi connectivity index (χ3n) is 2.34. The molecule has 0 rings (SSSR count). The molecule has 86 valence electrons. The second-order valence-corrected chi connectivity index (χ2v) is 3.62. The molecule has 1 N–H and O–H groups in total. The highest BCUT2D eigenvalue weighted by Crippen LogP contribution is 2.29. The van der Waals surface area contributed by atoms with E-state index in [0.717, 1.165) is 25.7 Å². The molecule has 0 fully saturated rings. The first kappa shape index (κ1) is 13.8. The Morgan fingerprint density at radius 3 is 2.07 bits per heavy atom. The zero-order valence-electron chi connectivity index (χ0n) is 8.61. The maximum Gasteiger partial charge on any atom is 0.394 e. The van der Waals surface area contributed by atoms with Crippen LogP contribution in [0.15, 0.2) is 0 Å². The van der Waals surface area contributed by atoms with Gasteiger partial charge in [-0.15, -0.1) is 0 Å². The van der Waals surface area contributed by atoms with Crippen LogP contribution in [-0.4, -0.2) is 17.9 Å². The average molecular weight is 212 g/mol. The molecule has 0 aliphatic carbocycles. The van der Waals surface area contributed by atoms with Crippen molar-refractivity contribution in [1.29, 1.82) is 0 Å². The Kier molecular flexibility index (Phi) is 6.97. The normalized spacial score (nSPS) is 14.4. The molecular formula is C10H19F3O. The molecule has 1 atom stereocenters. The summed E-state index contributed by atoms with van der Waals surface area (Å²) in [5, 5.41) is 8.54. The van der Waals surface area contributed by atoms with E-state index in [4.69, 9.17) is 5.11 Å². The van der Waals surface area contributed by atoms with Crippen LogP contribution in [0.5, 0.6) is 0 Å². The molecule has 0 aromatic rings. The minimum atomic E-state index is -4.24. The van der Waals surface area contributed by atoms with Crippen LogP contribution in [-0.2, 0) is 0 Å². The number of aliphatic hydroxyl groups excluding tert-OH is 1. The Hall–Kier alpha value is -0.250. The van der Waals surface area contributed by atoms with Gasteiger partial charge in [-0.05, 0) is 6.42 Å². The monoisotopic (exact) mass is 212 g/mol. The quantitative estimate of drug-likeness (QED) is 0.640. The van der Waals surface area contributed by atoms with Gasteiger partial charge in [0, 0.05) is 0 Å². The first-order chi connectivity index (χ1) is 6.52. The lowest BCUT2D eigenvalue weighted by molar-refractivity contribution is -0.185. The fourth-order valence-electron chi connectivity index (χ4n) is 1.35. The topological polar surface area (TPSA) is 20.2 Å². The molecule has 1 nitrogen and oxygen atoms in total. The molecule has 14 heavy (non-hydrogen) atoms. The number of aliphatic hydroxyl groups is 1. The van der Waals surface area contributed by atoms with Crippen molar-refractivity contribution in [2.45, 2.75) is 51.6 Å². The predicted molar refractivity (Wildman–Crippen MR) is 50.0 cm³/mol. The van der Waals surface area contributed by atoms with Crippen LogP contribution in [0.4, 0.5) is 13.2 Å². The van der Waals surface area contributed by atoms with E-state index in [0.29, 0.717) is 6.42 Å². The number of halogens is 3.